The monoisotopic (exact) mass is 533 g/mol. The second kappa shape index (κ2) is 9.80. The molecule has 1 aromatic heterocycles. The molecule has 198 valence electrons. The zero-order valence-electron chi connectivity index (χ0n) is 21.7. The number of aromatic amines is 1. The van der Waals surface area contributed by atoms with Crippen LogP contribution < -0.4 is 9.64 Å². The van der Waals surface area contributed by atoms with Gasteiger partial charge in [-0.05, 0) is 49.1 Å². The summed E-state index contributed by atoms with van der Waals surface area (Å²) in [6.45, 7) is 9.24. The van der Waals surface area contributed by atoms with Crippen molar-refractivity contribution in [1.82, 2.24) is 9.88 Å². The molecule has 3 aromatic carbocycles. The number of nitrogens with zero attached hydrogens (tertiary/aromatic N) is 2. The van der Waals surface area contributed by atoms with Crippen LogP contribution in [0.15, 0.2) is 54.6 Å². The van der Waals surface area contributed by atoms with Crippen LogP contribution in [-0.2, 0) is 4.74 Å². The van der Waals surface area contributed by atoms with Crippen LogP contribution >= 0.6 is 11.6 Å². The predicted octanol–water partition coefficient (Wildman–Crippen LogP) is 5.50. The molecule has 8 heteroatoms. The molecule has 3 heterocycles. The molecular formula is C30H32ClN3O4. The zero-order valence-corrected chi connectivity index (χ0v) is 22.4. The van der Waals surface area contributed by atoms with E-state index in [0.29, 0.717) is 24.5 Å². The first-order valence-corrected chi connectivity index (χ1v) is 13.5. The van der Waals surface area contributed by atoms with Gasteiger partial charge in [0.1, 0.15) is 23.8 Å². The summed E-state index contributed by atoms with van der Waals surface area (Å²) in [5, 5.41) is 13.4. The summed E-state index contributed by atoms with van der Waals surface area (Å²) in [4.78, 5) is 20.6. The molecule has 1 amide bonds. The van der Waals surface area contributed by atoms with Gasteiger partial charge in [-0.1, -0.05) is 24.3 Å². The van der Waals surface area contributed by atoms with E-state index in [-0.39, 0.29) is 17.6 Å². The van der Waals surface area contributed by atoms with Gasteiger partial charge in [0.15, 0.2) is 0 Å². The van der Waals surface area contributed by atoms with Crippen LogP contribution in [-0.4, -0.2) is 71.8 Å². The Bertz CT molecular complexity index is 1500. The number of ether oxygens (including phenoxy) is 2. The van der Waals surface area contributed by atoms with E-state index < -0.39 is 4.87 Å². The first kappa shape index (κ1) is 25.0. The number of anilines is 1. The van der Waals surface area contributed by atoms with E-state index in [1.54, 1.807) is 11.0 Å². The van der Waals surface area contributed by atoms with E-state index >= 15 is 0 Å². The molecule has 2 N–H and O–H groups in total. The molecule has 0 unspecified atom stereocenters. The van der Waals surface area contributed by atoms with E-state index in [1.165, 1.54) is 0 Å². The highest BCUT2D eigenvalue weighted by atomic mass is 35.5. The van der Waals surface area contributed by atoms with Crippen molar-refractivity contribution >= 4 is 44.9 Å². The third-order valence-electron chi connectivity index (χ3n) is 7.72. The number of phenols is 1. The van der Waals surface area contributed by atoms with Crippen LogP contribution in [0.25, 0.3) is 21.7 Å². The second-order valence-electron chi connectivity index (χ2n) is 10.6. The molecule has 0 aliphatic carbocycles. The zero-order chi connectivity index (χ0) is 26.4. The van der Waals surface area contributed by atoms with Gasteiger partial charge in [-0.2, -0.15) is 0 Å². The third kappa shape index (κ3) is 4.59. The molecule has 1 saturated heterocycles. The minimum Gasteiger partial charge on any atom is -0.507 e. The Morgan fingerprint density at radius 2 is 1.89 bits per heavy atom. The van der Waals surface area contributed by atoms with E-state index in [9.17, 15) is 9.90 Å². The fourth-order valence-electron chi connectivity index (χ4n) is 5.66. The highest BCUT2D eigenvalue weighted by Gasteiger charge is 2.42. The number of hydrogen-bond donors (Lipinski definition) is 2. The third-order valence-corrected chi connectivity index (χ3v) is 7.99. The minimum atomic E-state index is -0.586. The summed E-state index contributed by atoms with van der Waals surface area (Å²) >= 11 is 6.86. The van der Waals surface area contributed by atoms with Gasteiger partial charge in [-0.3, -0.25) is 9.69 Å². The number of H-pyrrole nitrogens is 1. The Kier molecular flexibility index (Phi) is 6.46. The number of morpholine rings is 1. The molecule has 2 aliphatic heterocycles. The van der Waals surface area contributed by atoms with Crippen molar-refractivity contribution in [2.45, 2.75) is 24.6 Å². The molecule has 0 saturated carbocycles. The van der Waals surface area contributed by atoms with Crippen molar-refractivity contribution in [3.8, 4) is 11.5 Å². The lowest BCUT2D eigenvalue weighted by Gasteiger charge is -2.26. The van der Waals surface area contributed by atoms with Gasteiger partial charge in [0, 0.05) is 59.3 Å². The highest BCUT2D eigenvalue weighted by Crippen LogP contribution is 2.50. The second-order valence-corrected chi connectivity index (χ2v) is 11.6. The summed E-state index contributed by atoms with van der Waals surface area (Å²) in [6.07, 6.45) is 0. The summed E-state index contributed by atoms with van der Waals surface area (Å²) < 4.78 is 11.4. The maximum Gasteiger partial charge on any atom is 0.274 e. The normalized spacial score (nSPS) is 18.3. The van der Waals surface area contributed by atoms with Crippen molar-refractivity contribution in [3.05, 3.63) is 65.9 Å². The summed E-state index contributed by atoms with van der Waals surface area (Å²) in [5.74, 6) is 0.677. The van der Waals surface area contributed by atoms with Crippen molar-refractivity contribution in [1.29, 1.82) is 0 Å². The molecular weight excluding hydrogens is 502 g/mol. The first-order chi connectivity index (χ1) is 18.3. The van der Waals surface area contributed by atoms with E-state index in [0.717, 1.165) is 65.8 Å². The molecule has 7 nitrogen and oxygen atoms in total. The van der Waals surface area contributed by atoms with Gasteiger partial charge in [-0.25, -0.2) is 0 Å². The number of alkyl halides is 1. The molecule has 1 atom stereocenters. The van der Waals surface area contributed by atoms with Crippen LogP contribution in [0.1, 0.15) is 35.8 Å². The fourth-order valence-corrected chi connectivity index (χ4v) is 5.84. The number of fused-ring (bicyclic) bond motifs is 4. The summed E-state index contributed by atoms with van der Waals surface area (Å²) in [5.41, 5.74) is 3.05. The molecule has 0 bridgehead atoms. The van der Waals surface area contributed by atoms with Crippen LogP contribution in [0.4, 0.5) is 5.69 Å². The number of hydrogen-bond acceptors (Lipinski definition) is 5. The standard InChI is InChI=1S/C30H32ClN3O4/c1-30(2,31)23-18-34(26-17-27(35)21-5-3-4-6-22(21)28(23)26)29(36)25-16-19-15-20(7-8-24(19)32-25)38-14-11-33-9-12-37-13-10-33/h3-8,15-17,23,32,35H,9-14,18H2,1-2H3/t23-/m1/s1. The van der Waals surface area contributed by atoms with Gasteiger partial charge in [0.2, 0.25) is 0 Å². The van der Waals surface area contributed by atoms with E-state index in [2.05, 4.69) is 9.88 Å². The van der Waals surface area contributed by atoms with Crippen molar-refractivity contribution < 1.29 is 19.4 Å². The Morgan fingerprint density at radius 1 is 1.13 bits per heavy atom. The molecule has 6 rings (SSSR count). The van der Waals surface area contributed by atoms with Crippen molar-refractivity contribution in [3.63, 3.8) is 0 Å². The largest absolute Gasteiger partial charge is 0.507 e. The van der Waals surface area contributed by atoms with E-state index in [1.807, 2.05) is 62.4 Å². The number of carbonyl (C=O) groups is 1. The lowest BCUT2D eigenvalue weighted by molar-refractivity contribution is 0.0322. The molecule has 1 fully saturated rings. The average Bonchev–Trinajstić information content (AvgIpc) is 3.51. The number of benzene rings is 3. The van der Waals surface area contributed by atoms with Gasteiger partial charge in [-0.15, -0.1) is 11.6 Å². The Hall–Kier alpha value is -3.26. The quantitative estimate of drug-likeness (QED) is 0.320. The van der Waals surface area contributed by atoms with Crippen LogP contribution in [0, 0.1) is 0 Å². The lowest BCUT2D eigenvalue weighted by Crippen LogP contribution is -2.38. The number of nitrogens with one attached hydrogen (secondary N) is 1. The summed E-state index contributed by atoms with van der Waals surface area (Å²) in [7, 11) is 0. The van der Waals surface area contributed by atoms with Crippen molar-refractivity contribution in [2.24, 2.45) is 0 Å². The highest BCUT2D eigenvalue weighted by molar-refractivity contribution is 6.24. The number of halogens is 1. The van der Waals surface area contributed by atoms with Gasteiger partial charge < -0.3 is 24.5 Å². The number of aromatic nitrogens is 1. The van der Waals surface area contributed by atoms with E-state index in [4.69, 9.17) is 21.1 Å². The summed E-state index contributed by atoms with van der Waals surface area (Å²) in [6, 6.07) is 17.1. The number of phenolic OH excluding ortho intramolecular Hbond substituents is 1. The molecule has 0 spiro atoms. The van der Waals surface area contributed by atoms with Gasteiger partial charge in [0.25, 0.3) is 5.91 Å². The lowest BCUT2D eigenvalue weighted by atomic mass is 9.86. The Morgan fingerprint density at radius 3 is 2.66 bits per heavy atom. The van der Waals surface area contributed by atoms with Crippen molar-refractivity contribution in [2.75, 3.05) is 50.9 Å². The van der Waals surface area contributed by atoms with Gasteiger partial charge >= 0.3 is 0 Å². The van der Waals surface area contributed by atoms with Crippen LogP contribution in [0.2, 0.25) is 0 Å². The molecule has 38 heavy (non-hydrogen) atoms. The number of aromatic hydroxyl groups is 1. The maximum atomic E-state index is 13.9. The van der Waals surface area contributed by atoms with Gasteiger partial charge in [0.05, 0.1) is 18.9 Å². The number of carbonyl (C=O) groups excluding carboxylic acids is 1. The Labute approximate surface area is 226 Å². The fraction of sp³-hybridized carbons (Fsp3) is 0.367. The maximum absolute atomic E-state index is 13.9. The minimum absolute atomic E-state index is 0.0931. The van der Waals surface area contributed by atoms with Crippen LogP contribution in [0.5, 0.6) is 11.5 Å². The molecule has 0 radical (unpaired) electrons. The first-order valence-electron chi connectivity index (χ1n) is 13.1. The number of amides is 1. The predicted molar refractivity (Wildman–Crippen MR) is 151 cm³/mol. The average molecular weight is 534 g/mol. The molecule has 2 aliphatic rings. The SMILES string of the molecule is CC(C)(Cl)[C@@H]1CN(C(=O)c2cc3cc(OCCN4CCOCC4)ccc3[nH]2)c2cc(O)c3ccccc3c21. The smallest absolute Gasteiger partial charge is 0.274 e. The topological polar surface area (TPSA) is 78.0 Å². The molecule has 4 aromatic rings. The number of rotatable bonds is 6. The van der Waals surface area contributed by atoms with Crippen LogP contribution in [0.3, 0.4) is 0 Å². The Balaban J connectivity index is 1.27.